The van der Waals surface area contributed by atoms with Gasteiger partial charge >= 0.3 is 5.97 Å². The molecule has 35 heavy (non-hydrogen) atoms. The zero-order valence-corrected chi connectivity index (χ0v) is 20.8. The summed E-state index contributed by atoms with van der Waals surface area (Å²) in [5.41, 5.74) is 3.81. The third-order valence-corrected chi connectivity index (χ3v) is 6.62. The summed E-state index contributed by atoms with van der Waals surface area (Å²) in [5, 5.41) is 1.35. The zero-order valence-electron chi connectivity index (χ0n) is 20.1. The van der Waals surface area contributed by atoms with E-state index in [0.717, 1.165) is 22.9 Å². The number of carbonyl (C=O) groups excluding carboxylic acids is 2. The molecular weight excluding hydrogens is 462 g/mol. The summed E-state index contributed by atoms with van der Waals surface area (Å²) < 4.78 is 12.7. The van der Waals surface area contributed by atoms with Gasteiger partial charge in [-0.1, -0.05) is 48.9 Å². The zero-order chi connectivity index (χ0) is 24.9. The van der Waals surface area contributed by atoms with Crippen LogP contribution < -0.4 is 4.74 Å². The number of benzene rings is 3. The van der Waals surface area contributed by atoms with Gasteiger partial charge in [0.1, 0.15) is 5.75 Å². The number of ether oxygens (including phenoxy) is 2. The van der Waals surface area contributed by atoms with E-state index in [1.807, 2.05) is 37.3 Å². The number of methoxy groups -OCH3 is 1. The summed E-state index contributed by atoms with van der Waals surface area (Å²) in [4.78, 5) is 26.4. The average molecular weight is 490 g/mol. The minimum atomic E-state index is -0.330. The normalized spacial score (nSPS) is 11.9. The molecule has 180 valence electrons. The van der Waals surface area contributed by atoms with Gasteiger partial charge in [-0.2, -0.15) is 0 Å². The van der Waals surface area contributed by atoms with E-state index in [1.165, 1.54) is 0 Å². The van der Waals surface area contributed by atoms with Crippen LogP contribution in [0.25, 0.3) is 10.9 Å². The highest BCUT2D eigenvalue weighted by Crippen LogP contribution is 2.31. The van der Waals surface area contributed by atoms with Crippen LogP contribution in [-0.4, -0.2) is 30.2 Å². The van der Waals surface area contributed by atoms with Gasteiger partial charge in [-0.15, -0.1) is 0 Å². The molecule has 0 saturated heterocycles. The minimum absolute atomic E-state index is 0.0572. The van der Waals surface area contributed by atoms with Gasteiger partial charge < -0.3 is 9.47 Å². The lowest BCUT2D eigenvalue weighted by atomic mass is 9.97. The standard InChI is InChI=1S/C29H28ClNO4/c1-4-20(21-8-6-5-7-9-21)18-35-28(32)17-25-19(2)31(27-15-14-24(34-3)16-26(25)27)29(33)22-10-12-23(30)13-11-22/h5-16,20H,4,17-18H2,1-3H3. The highest BCUT2D eigenvalue weighted by atomic mass is 35.5. The van der Waals surface area contributed by atoms with Crippen molar-refractivity contribution in [1.29, 1.82) is 0 Å². The van der Waals surface area contributed by atoms with Gasteiger partial charge in [-0.05, 0) is 66.9 Å². The molecule has 1 heterocycles. The van der Waals surface area contributed by atoms with Crippen LogP contribution in [0, 0.1) is 6.92 Å². The van der Waals surface area contributed by atoms with Crippen molar-refractivity contribution in [3.63, 3.8) is 0 Å². The largest absolute Gasteiger partial charge is 0.497 e. The number of esters is 1. The first-order chi connectivity index (χ1) is 16.9. The second-order valence-electron chi connectivity index (χ2n) is 8.47. The predicted molar refractivity (Wildman–Crippen MR) is 139 cm³/mol. The lowest BCUT2D eigenvalue weighted by molar-refractivity contribution is -0.143. The van der Waals surface area contributed by atoms with Gasteiger partial charge in [0.25, 0.3) is 5.91 Å². The number of hydrogen-bond donors (Lipinski definition) is 0. The third-order valence-electron chi connectivity index (χ3n) is 6.37. The molecule has 6 heteroatoms. The predicted octanol–water partition coefficient (Wildman–Crippen LogP) is 6.58. The van der Waals surface area contributed by atoms with Gasteiger partial charge in [0.15, 0.2) is 0 Å². The molecule has 0 bridgehead atoms. The van der Waals surface area contributed by atoms with E-state index >= 15 is 0 Å². The quantitative estimate of drug-likeness (QED) is 0.262. The molecule has 0 radical (unpaired) electrons. The van der Waals surface area contributed by atoms with Crippen molar-refractivity contribution in [1.82, 2.24) is 4.57 Å². The molecule has 0 amide bonds. The van der Waals surface area contributed by atoms with Crippen LogP contribution in [0.1, 0.15) is 46.4 Å². The summed E-state index contributed by atoms with van der Waals surface area (Å²) in [6.07, 6.45) is 0.921. The van der Waals surface area contributed by atoms with Gasteiger partial charge in [-0.25, -0.2) is 0 Å². The van der Waals surface area contributed by atoms with Crippen LogP contribution in [0.3, 0.4) is 0 Å². The highest BCUT2D eigenvalue weighted by molar-refractivity contribution is 6.30. The Morgan fingerprint density at radius 1 is 1.00 bits per heavy atom. The monoisotopic (exact) mass is 489 g/mol. The second-order valence-corrected chi connectivity index (χ2v) is 8.91. The van der Waals surface area contributed by atoms with Crippen LogP contribution >= 0.6 is 11.6 Å². The molecule has 1 unspecified atom stereocenters. The Morgan fingerprint density at radius 2 is 1.71 bits per heavy atom. The maximum Gasteiger partial charge on any atom is 0.310 e. The van der Waals surface area contributed by atoms with E-state index in [2.05, 4.69) is 19.1 Å². The number of aromatic nitrogens is 1. The Labute approximate surface area is 210 Å². The van der Waals surface area contributed by atoms with Crippen LogP contribution in [0.4, 0.5) is 0 Å². The molecule has 1 aromatic heterocycles. The molecular formula is C29H28ClNO4. The molecule has 0 aliphatic carbocycles. The van der Waals surface area contributed by atoms with E-state index in [4.69, 9.17) is 21.1 Å². The molecule has 3 aromatic carbocycles. The van der Waals surface area contributed by atoms with Crippen LogP contribution in [0.15, 0.2) is 72.8 Å². The topological polar surface area (TPSA) is 57.5 Å². The molecule has 1 atom stereocenters. The van der Waals surface area contributed by atoms with Crippen LogP contribution in [0.2, 0.25) is 5.02 Å². The van der Waals surface area contributed by atoms with Gasteiger partial charge in [0.2, 0.25) is 0 Å². The number of hydrogen-bond acceptors (Lipinski definition) is 4. The summed E-state index contributed by atoms with van der Waals surface area (Å²) in [6.45, 7) is 4.24. The third kappa shape index (κ3) is 5.25. The minimum Gasteiger partial charge on any atom is -0.497 e. The summed E-state index contributed by atoms with van der Waals surface area (Å²) in [6, 6.07) is 22.3. The molecule has 0 aliphatic rings. The van der Waals surface area contributed by atoms with Gasteiger partial charge in [-0.3, -0.25) is 14.2 Å². The Morgan fingerprint density at radius 3 is 2.37 bits per heavy atom. The van der Waals surface area contributed by atoms with Gasteiger partial charge in [0.05, 0.1) is 25.7 Å². The average Bonchev–Trinajstić information content (AvgIpc) is 3.15. The number of halogens is 1. The molecule has 5 nitrogen and oxygen atoms in total. The number of fused-ring (bicyclic) bond motifs is 1. The fraction of sp³-hybridized carbons (Fsp3) is 0.241. The lowest BCUT2D eigenvalue weighted by Gasteiger charge is -2.15. The van der Waals surface area contributed by atoms with Crippen molar-refractivity contribution in [3.8, 4) is 5.75 Å². The SMILES string of the molecule is CCC(COC(=O)Cc1c(C)n(C(=O)c2ccc(Cl)cc2)c2ccc(OC)cc12)c1ccccc1. The van der Waals surface area contributed by atoms with E-state index in [0.29, 0.717) is 34.2 Å². The molecule has 0 aliphatic heterocycles. The summed E-state index contributed by atoms with van der Waals surface area (Å²) in [7, 11) is 1.59. The smallest absolute Gasteiger partial charge is 0.310 e. The maximum atomic E-state index is 13.4. The molecule has 4 aromatic rings. The number of carbonyl (C=O) groups is 2. The summed E-state index contributed by atoms with van der Waals surface area (Å²) in [5.74, 6) is 0.264. The summed E-state index contributed by atoms with van der Waals surface area (Å²) >= 11 is 6.00. The van der Waals surface area contributed by atoms with Gasteiger partial charge in [0, 0.05) is 27.6 Å². The molecule has 0 N–H and O–H groups in total. The first-order valence-electron chi connectivity index (χ1n) is 11.6. The molecule has 0 saturated carbocycles. The Balaban J connectivity index is 1.64. The van der Waals surface area contributed by atoms with Crippen molar-refractivity contribution >= 4 is 34.4 Å². The van der Waals surface area contributed by atoms with Crippen molar-refractivity contribution in [2.45, 2.75) is 32.6 Å². The lowest BCUT2D eigenvalue weighted by Crippen LogP contribution is -2.16. The second kappa shape index (κ2) is 10.8. The van der Waals surface area contributed by atoms with E-state index in [9.17, 15) is 9.59 Å². The van der Waals surface area contributed by atoms with Crippen molar-refractivity contribution in [2.24, 2.45) is 0 Å². The number of nitrogens with zero attached hydrogens (tertiary/aromatic N) is 1. The van der Waals surface area contributed by atoms with Crippen molar-refractivity contribution < 1.29 is 19.1 Å². The van der Waals surface area contributed by atoms with E-state index < -0.39 is 0 Å². The van der Waals surface area contributed by atoms with E-state index in [-0.39, 0.29) is 24.2 Å². The van der Waals surface area contributed by atoms with Crippen LogP contribution in [-0.2, 0) is 16.0 Å². The Hall–Kier alpha value is -3.57. The van der Waals surface area contributed by atoms with Crippen molar-refractivity contribution in [2.75, 3.05) is 13.7 Å². The Bertz CT molecular complexity index is 1340. The first kappa shape index (κ1) is 24.6. The molecule has 0 spiro atoms. The molecule has 0 fully saturated rings. The molecule has 4 rings (SSSR count). The van der Waals surface area contributed by atoms with E-state index in [1.54, 1.807) is 42.0 Å². The fourth-order valence-electron chi connectivity index (χ4n) is 4.36. The van der Waals surface area contributed by atoms with Crippen LogP contribution in [0.5, 0.6) is 5.75 Å². The highest BCUT2D eigenvalue weighted by Gasteiger charge is 2.23. The fourth-order valence-corrected chi connectivity index (χ4v) is 4.49. The number of rotatable bonds is 8. The maximum absolute atomic E-state index is 13.4. The first-order valence-corrected chi connectivity index (χ1v) is 12.0. The Kier molecular flexibility index (Phi) is 7.57. The van der Waals surface area contributed by atoms with Crippen molar-refractivity contribution in [3.05, 3.63) is 100 Å².